The van der Waals surface area contributed by atoms with E-state index < -0.39 is 60.2 Å². The number of rotatable bonds is 17. The largest absolute Gasteiger partial charge is 0.481 e. The quantitative estimate of drug-likeness (QED) is 0.144. The first-order valence-corrected chi connectivity index (χ1v) is 14.5. The first-order valence-electron chi connectivity index (χ1n) is 13.1. The van der Waals surface area contributed by atoms with Crippen molar-refractivity contribution in [3.8, 4) is 0 Å². The molecular formula is C27H39N5O7S. The summed E-state index contributed by atoms with van der Waals surface area (Å²) in [5.41, 5.74) is 7.94. The number of aromatic amines is 1. The molecule has 1 aromatic carbocycles. The first-order chi connectivity index (χ1) is 18.9. The molecule has 40 heavy (non-hydrogen) atoms. The molecule has 0 saturated heterocycles. The fourth-order valence-corrected chi connectivity index (χ4v) is 4.66. The van der Waals surface area contributed by atoms with Gasteiger partial charge in [0.1, 0.15) is 18.1 Å². The summed E-state index contributed by atoms with van der Waals surface area (Å²) in [4.78, 5) is 65.1. The van der Waals surface area contributed by atoms with E-state index >= 15 is 0 Å². The molecule has 3 amide bonds. The zero-order chi connectivity index (χ0) is 29.8. The SMILES string of the molecule is CSCCC(NC(=O)C(N)Cc1c[nH]c2ccccc12)C(=O)NC(CCC(=O)O)C(=O)NC(CC(C)C)C(=O)O. The van der Waals surface area contributed by atoms with Crippen molar-refractivity contribution in [3.63, 3.8) is 0 Å². The van der Waals surface area contributed by atoms with Gasteiger partial charge in [0.2, 0.25) is 17.7 Å². The lowest BCUT2D eigenvalue weighted by molar-refractivity contribution is -0.143. The molecule has 0 aliphatic heterocycles. The molecule has 2 rings (SSSR count). The average Bonchev–Trinajstić information content (AvgIpc) is 3.30. The van der Waals surface area contributed by atoms with E-state index in [1.54, 1.807) is 20.0 Å². The third kappa shape index (κ3) is 10.2. The molecule has 0 saturated carbocycles. The van der Waals surface area contributed by atoms with Crippen LogP contribution in [0.4, 0.5) is 0 Å². The van der Waals surface area contributed by atoms with Crippen molar-refractivity contribution in [2.45, 2.75) is 70.1 Å². The summed E-state index contributed by atoms with van der Waals surface area (Å²) in [5, 5.41) is 27.1. The molecule has 4 atom stereocenters. The number of nitrogens with two attached hydrogens (primary N) is 1. The second-order valence-electron chi connectivity index (χ2n) is 10.0. The smallest absolute Gasteiger partial charge is 0.326 e. The van der Waals surface area contributed by atoms with Gasteiger partial charge < -0.3 is 36.9 Å². The fraction of sp³-hybridized carbons (Fsp3) is 0.519. The number of carboxylic acids is 2. The van der Waals surface area contributed by atoms with Gasteiger partial charge >= 0.3 is 11.9 Å². The fourth-order valence-electron chi connectivity index (χ4n) is 4.19. The molecule has 0 aliphatic carbocycles. The Morgan fingerprint density at radius 1 is 0.925 bits per heavy atom. The van der Waals surface area contributed by atoms with Crippen molar-refractivity contribution < 1.29 is 34.2 Å². The molecule has 4 unspecified atom stereocenters. The van der Waals surface area contributed by atoms with Crippen molar-refractivity contribution >= 4 is 52.3 Å². The van der Waals surface area contributed by atoms with Crippen LogP contribution in [0.5, 0.6) is 0 Å². The third-order valence-corrected chi connectivity index (χ3v) is 6.94. The Morgan fingerprint density at radius 3 is 2.12 bits per heavy atom. The number of carboxylic acid groups (broad SMARTS) is 2. The highest BCUT2D eigenvalue weighted by Gasteiger charge is 2.31. The van der Waals surface area contributed by atoms with Gasteiger partial charge in [-0.15, -0.1) is 0 Å². The highest BCUT2D eigenvalue weighted by molar-refractivity contribution is 7.98. The topological polar surface area (TPSA) is 204 Å². The second-order valence-corrected chi connectivity index (χ2v) is 11.0. The van der Waals surface area contributed by atoms with Crippen LogP contribution in [-0.4, -0.2) is 81.0 Å². The molecule has 8 N–H and O–H groups in total. The van der Waals surface area contributed by atoms with Crippen molar-refractivity contribution in [2.24, 2.45) is 11.7 Å². The number of nitrogens with one attached hydrogen (secondary N) is 4. The van der Waals surface area contributed by atoms with Crippen molar-refractivity contribution in [1.82, 2.24) is 20.9 Å². The lowest BCUT2D eigenvalue weighted by Crippen LogP contribution is -2.57. The predicted molar refractivity (Wildman–Crippen MR) is 153 cm³/mol. The number of para-hydroxylation sites is 1. The van der Waals surface area contributed by atoms with Gasteiger partial charge in [-0.2, -0.15) is 11.8 Å². The molecule has 0 bridgehead atoms. The van der Waals surface area contributed by atoms with E-state index in [1.165, 1.54) is 11.8 Å². The van der Waals surface area contributed by atoms with Crippen molar-refractivity contribution in [1.29, 1.82) is 0 Å². The van der Waals surface area contributed by atoms with Crippen LogP contribution in [0, 0.1) is 5.92 Å². The summed E-state index contributed by atoms with van der Waals surface area (Å²) < 4.78 is 0. The highest BCUT2D eigenvalue weighted by Crippen LogP contribution is 2.19. The van der Waals surface area contributed by atoms with E-state index in [-0.39, 0.29) is 31.6 Å². The maximum Gasteiger partial charge on any atom is 0.326 e. The summed E-state index contributed by atoms with van der Waals surface area (Å²) in [6.45, 7) is 3.60. The average molecular weight is 578 g/mol. The molecule has 0 aliphatic rings. The van der Waals surface area contributed by atoms with E-state index in [1.807, 2.05) is 30.5 Å². The third-order valence-electron chi connectivity index (χ3n) is 6.30. The zero-order valence-electron chi connectivity index (χ0n) is 22.9. The van der Waals surface area contributed by atoms with Crippen LogP contribution in [0.2, 0.25) is 0 Å². The number of fused-ring (bicyclic) bond motifs is 1. The van der Waals surface area contributed by atoms with E-state index in [4.69, 9.17) is 10.8 Å². The molecule has 220 valence electrons. The number of hydrogen-bond acceptors (Lipinski definition) is 7. The number of aliphatic carboxylic acids is 2. The molecule has 1 heterocycles. The molecule has 0 radical (unpaired) electrons. The van der Waals surface area contributed by atoms with Crippen LogP contribution >= 0.6 is 11.8 Å². The highest BCUT2D eigenvalue weighted by atomic mass is 32.2. The van der Waals surface area contributed by atoms with Crippen LogP contribution in [0.15, 0.2) is 30.5 Å². The monoisotopic (exact) mass is 577 g/mol. The van der Waals surface area contributed by atoms with Crippen LogP contribution < -0.4 is 21.7 Å². The van der Waals surface area contributed by atoms with E-state index in [0.717, 1.165) is 16.5 Å². The number of hydrogen-bond donors (Lipinski definition) is 7. The number of amides is 3. The van der Waals surface area contributed by atoms with Crippen molar-refractivity contribution in [2.75, 3.05) is 12.0 Å². The summed E-state index contributed by atoms with van der Waals surface area (Å²) in [6, 6.07) is 3.08. The first kappa shape index (κ1) is 32.6. The summed E-state index contributed by atoms with van der Waals surface area (Å²) in [7, 11) is 0. The van der Waals surface area contributed by atoms with E-state index in [2.05, 4.69) is 20.9 Å². The Balaban J connectivity index is 2.13. The number of benzene rings is 1. The van der Waals surface area contributed by atoms with Gasteiger partial charge in [-0.05, 0) is 55.2 Å². The minimum atomic E-state index is -1.31. The molecule has 12 nitrogen and oxygen atoms in total. The maximum absolute atomic E-state index is 13.2. The molecular weight excluding hydrogens is 538 g/mol. The summed E-state index contributed by atoms with van der Waals surface area (Å²) in [6.07, 6.45) is 3.54. The van der Waals surface area contributed by atoms with E-state index in [9.17, 15) is 29.1 Å². The Labute approximate surface area is 237 Å². The number of carbonyl (C=O) groups excluding carboxylic acids is 3. The van der Waals surface area contributed by atoms with Gasteiger partial charge in [-0.3, -0.25) is 19.2 Å². The molecule has 13 heteroatoms. The lowest BCUT2D eigenvalue weighted by atomic mass is 10.0. The molecule has 0 spiro atoms. The van der Waals surface area contributed by atoms with Gasteiger partial charge in [-0.25, -0.2) is 4.79 Å². The lowest BCUT2D eigenvalue weighted by Gasteiger charge is -2.25. The summed E-state index contributed by atoms with van der Waals surface area (Å²) >= 11 is 1.46. The number of aromatic nitrogens is 1. The van der Waals surface area contributed by atoms with Crippen LogP contribution in [0.3, 0.4) is 0 Å². The predicted octanol–water partition coefficient (Wildman–Crippen LogP) is 1.24. The van der Waals surface area contributed by atoms with Crippen molar-refractivity contribution in [3.05, 3.63) is 36.0 Å². The minimum Gasteiger partial charge on any atom is -0.481 e. The Hall–Kier alpha value is -3.58. The van der Waals surface area contributed by atoms with Gasteiger partial charge in [0.05, 0.1) is 6.04 Å². The maximum atomic E-state index is 13.2. The van der Waals surface area contributed by atoms with Crippen LogP contribution in [-0.2, 0) is 30.4 Å². The van der Waals surface area contributed by atoms with Gasteiger partial charge in [0.25, 0.3) is 0 Å². The Kier molecular flexibility index (Phi) is 12.9. The number of H-pyrrole nitrogens is 1. The van der Waals surface area contributed by atoms with Crippen LogP contribution in [0.25, 0.3) is 10.9 Å². The standard InChI is InChI=1S/C27H39N5O7S/c1-15(2)12-22(27(38)39)32-25(36)20(8-9-23(33)34)31-26(37)21(10-11-40-3)30-24(35)18(28)13-16-14-29-19-7-5-4-6-17(16)19/h4-7,14-15,18,20-22,29H,8-13,28H2,1-3H3,(H,30,35)(H,31,37)(H,32,36)(H,33,34)(H,38,39). The zero-order valence-corrected chi connectivity index (χ0v) is 23.8. The number of thioether (sulfide) groups is 1. The van der Waals surface area contributed by atoms with Crippen LogP contribution in [0.1, 0.15) is 45.1 Å². The molecule has 0 fully saturated rings. The number of carbonyl (C=O) groups is 5. The normalized spacial score (nSPS) is 14.2. The van der Waals surface area contributed by atoms with Gasteiger partial charge in [-0.1, -0.05) is 32.0 Å². The molecule has 2 aromatic rings. The van der Waals surface area contributed by atoms with Gasteiger partial charge in [0, 0.05) is 23.5 Å². The second kappa shape index (κ2) is 15.9. The molecule has 1 aromatic heterocycles. The minimum absolute atomic E-state index is 0.0342. The summed E-state index contributed by atoms with van der Waals surface area (Å²) in [5.74, 6) is -4.00. The van der Waals surface area contributed by atoms with Gasteiger partial charge in [0.15, 0.2) is 0 Å². The Morgan fingerprint density at radius 2 is 1.52 bits per heavy atom. The Bertz CT molecular complexity index is 1180. The van der Waals surface area contributed by atoms with E-state index in [0.29, 0.717) is 5.75 Å².